The van der Waals surface area contributed by atoms with Gasteiger partial charge in [0.1, 0.15) is 11.4 Å². The van der Waals surface area contributed by atoms with Crippen molar-refractivity contribution in [3.05, 3.63) is 24.0 Å². The van der Waals surface area contributed by atoms with Crippen molar-refractivity contribution in [3.63, 3.8) is 0 Å². The maximum absolute atomic E-state index is 12.2. The molecule has 1 aliphatic rings. The second-order valence-corrected chi connectivity index (χ2v) is 8.54. The Bertz CT molecular complexity index is 627. The Kier molecular flexibility index (Phi) is 10.7. The van der Waals surface area contributed by atoms with Crippen LogP contribution in [0.25, 0.3) is 0 Å². The van der Waals surface area contributed by atoms with Gasteiger partial charge < -0.3 is 30.6 Å². The van der Waals surface area contributed by atoms with Crippen molar-refractivity contribution in [2.24, 2.45) is 10.7 Å². The van der Waals surface area contributed by atoms with E-state index in [1.54, 1.807) is 6.08 Å². The lowest BCUT2D eigenvalue weighted by Gasteiger charge is -2.33. The van der Waals surface area contributed by atoms with Crippen molar-refractivity contribution >= 4 is 23.0 Å². The minimum atomic E-state index is -0.669. The van der Waals surface area contributed by atoms with Gasteiger partial charge in [-0.05, 0) is 59.1 Å². The van der Waals surface area contributed by atoms with E-state index in [9.17, 15) is 4.79 Å². The number of ether oxygens (including phenoxy) is 3. The zero-order chi connectivity index (χ0) is 22.8. The Hall–Kier alpha value is -1.77. The van der Waals surface area contributed by atoms with Gasteiger partial charge in [-0.2, -0.15) is 0 Å². The molecule has 30 heavy (non-hydrogen) atoms. The standard InChI is InChI=1S/C21H37ClN4O4/c1-7-15(17(28-8-2)29-9-3)16(25-18(22)23)26-21(12-10-11-13-21)14-24-19(27)30-20(4,5)6/h7,17,26H,1,8-14H2,2-6H3,(H2,23,25)(H,24,27)/b16-15-. The Morgan fingerprint density at radius 1 is 1.27 bits per heavy atom. The van der Waals surface area contributed by atoms with Gasteiger partial charge in [0, 0.05) is 25.3 Å². The summed E-state index contributed by atoms with van der Waals surface area (Å²) < 4.78 is 16.8. The fraction of sp³-hybridized carbons (Fsp3) is 0.714. The van der Waals surface area contributed by atoms with E-state index in [1.807, 2.05) is 34.6 Å². The van der Waals surface area contributed by atoms with Crippen LogP contribution in [0.1, 0.15) is 60.3 Å². The van der Waals surface area contributed by atoms with Gasteiger partial charge in [0.25, 0.3) is 0 Å². The number of hydrogen-bond acceptors (Lipinski definition) is 6. The van der Waals surface area contributed by atoms with Crippen LogP contribution in [-0.4, -0.2) is 48.6 Å². The number of carbonyl (C=O) groups is 1. The van der Waals surface area contributed by atoms with Crippen molar-refractivity contribution < 1.29 is 19.0 Å². The molecule has 0 heterocycles. The third-order valence-electron chi connectivity index (χ3n) is 4.52. The molecule has 0 aromatic rings. The fourth-order valence-corrected chi connectivity index (χ4v) is 3.40. The largest absolute Gasteiger partial charge is 0.444 e. The smallest absolute Gasteiger partial charge is 0.407 e. The third kappa shape index (κ3) is 8.93. The molecule has 0 bridgehead atoms. The van der Waals surface area contributed by atoms with E-state index < -0.39 is 23.5 Å². The van der Waals surface area contributed by atoms with E-state index in [4.69, 9.17) is 31.5 Å². The summed E-state index contributed by atoms with van der Waals surface area (Å²) in [5, 5.41) is 6.20. The fourth-order valence-electron chi connectivity index (χ4n) is 3.31. The number of nitrogens with two attached hydrogens (primary N) is 1. The first-order valence-corrected chi connectivity index (χ1v) is 10.8. The number of alkyl carbamates (subject to hydrolysis) is 1. The SMILES string of the molecule is C=C/C(=C(\N=C(N)Cl)NC1(CNC(=O)OC(C)(C)C)CCCC1)C(OCC)OCC. The second-order valence-electron chi connectivity index (χ2n) is 8.15. The molecule has 0 saturated heterocycles. The van der Waals surface area contributed by atoms with Crippen LogP contribution < -0.4 is 16.4 Å². The zero-order valence-corrected chi connectivity index (χ0v) is 19.6. The predicted octanol–water partition coefficient (Wildman–Crippen LogP) is 3.76. The summed E-state index contributed by atoms with van der Waals surface area (Å²) in [6, 6.07) is 0. The molecular formula is C21H37ClN4O4. The Balaban J connectivity index is 3.18. The first kappa shape index (κ1) is 26.3. The van der Waals surface area contributed by atoms with Crippen molar-refractivity contribution in [1.82, 2.24) is 10.6 Å². The summed E-state index contributed by atoms with van der Waals surface area (Å²) in [5.41, 5.74) is 5.27. The van der Waals surface area contributed by atoms with Gasteiger partial charge in [-0.3, -0.25) is 0 Å². The molecular weight excluding hydrogens is 408 g/mol. The summed E-state index contributed by atoms with van der Waals surface area (Å²) in [6.45, 7) is 14.4. The highest BCUT2D eigenvalue weighted by Gasteiger charge is 2.36. The van der Waals surface area contributed by atoms with Crippen molar-refractivity contribution in [2.45, 2.75) is 77.7 Å². The number of carbonyl (C=O) groups excluding carboxylic acids is 1. The molecule has 0 aromatic carbocycles. The summed E-state index contributed by atoms with van der Waals surface area (Å²) in [5.74, 6) is 0.414. The molecule has 0 aliphatic heterocycles. The van der Waals surface area contributed by atoms with Gasteiger partial charge in [0.05, 0.1) is 5.54 Å². The molecule has 1 saturated carbocycles. The number of nitrogens with one attached hydrogen (secondary N) is 2. The van der Waals surface area contributed by atoms with Crippen LogP contribution in [0.15, 0.2) is 29.0 Å². The topological polar surface area (TPSA) is 107 Å². The van der Waals surface area contributed by atoms with Crippen molar-refractivity contribution in [1.29, 1.82) is 0 Å². The Morgan fingerprint density at radius 3 is 2.27 bits per heavy atom. The molecule has 0 spiro atoms. The van der Waals surface area contributed by atoms with Crippen LogP contribution in [0.4, 0.5) is 4.79 Å². The zero-order valence-electron chi connectivity index (χ0n) is 18.8. The molecule has 0 radical (unpaired) electrons. The second kappa shape index (κ2) is 12.2. The van der Waals surface area contributed by atoms with Crippen molar-refractivity contribution in [3.8, 4) is 0 Å². The number of hydrogen-bond donors (Lipinski definition) is 3. The minimum Gasteiger partial charge on any atom is -0.444 e. The minimum absolute atomic E-state index is 0.128. The Morgan fingerprint density at radius 2 is 1.83 bits per heavy atom. The maximum atomic E-state index is 12.2. The molecule has 8 nitrogen and oxygen atoms in total. The normalized spacial score (nSPS) is 17.5. The van der Waals surface area contributed by atoms with Crippen LogP contribution in [0, 0.1) is 0 Å². The average Bonchev–Trinajstić information content (AvgIpc) is 3.08. The van der Waals surface area contributed by atoms with E-state index in [-0.39, 0.29) is 5.29 Å². The van der Waals surface area contributed by atoms with Crippen LogP contribution >= 0.6 is 11.6 Å². The predicted molar refractivity (Wildman–Crippen MR) is 120 cm³/mol. The lowest BCUT2D eigenvalue weighted by molar-refractivity contribution is -0.110. The molecule has 1 rings (SSSR count). The van der Waals surface area contributed by atoms with Gasteiger partial charge in [-0.1, -0.05) is 25.5 Å². The highest BCUT2D eigenvalue weighted by Crippen LogP contribution is 2.31. The summed E-state index contributed by atoms with van der Waals surface area (Å²) >= 11 is 5.91. The first-order chi connectivity index (χ1) is 14.1. The van der Waals surface area contributed by atoms with Gasteiger partial charge in [0.15, 0.2) is 11.6 Å². The molecule has 172 valence electrons. The number of nitrogens with zero attached hydrogens (tertiary/aromatic N) is 1. The lowest BCUT2D eigenvalue weighted by Crippen LogP contribution is -2.52. The van der Waals surface area contributed by atoms with E-state index in [0.29, 0.717) is 31.2 Å². The van der Waals surface area contributed by atoms with Gasteiger partial charge in [-0.15, -0.1) is 0 Å². The molecule has 4 N–H and O–H groups in total. The molecule has 0 atom stereocenters. The van der Waals surface area contributed by atoms with Crippen LogP contribution in [0.2, 0.25) is 0 Å². The first-order valence-electron chi connectivity index (χ1n) is 10.4. The summed E-state index contributed by atoms with van der Waals surface area (Å²) in [7, 11) is 0. The summed E-state index contributed by atoms with van der Waals surface area (Å²) in [4.78, 5) is 16.5. The lowest BCUT2D eigenvalue weighted by atomic mass is 9.97. The molecule has 1 fully saturated rings. The number of rotatable bonds is 11. The highest BCUT2D eigenvalue weighted by molar-refractivity contribution is 6.64. The Labute approximate surface area is 185 Å². The monoisotopic (exact) mass is 444 g/mol. The van der Waals surface area contributed by atoms with E-state index >= 15 is 0 Å². The number of amides is 1. The molecule has 0 unspecified atom stereocenters. The number of aliphatic imine (C=N–C) groups is 1. The van der Waals surface area contributed by atoms with E-state index in [0.717, 1.165) is 25.7 Å². The highest BCUT2D eigenvalue weighted by atomic mass is 35.5. The van der Waals surface area contributed by atoms with Gasteiger partial charge >= 0.3 is 6.09 Å². The molecule has 1 aliphatic carbocycles. The van der Waals surface area contributed by atoms with E-state index in [1.165, 1.54) is 0 Å². The number of amidine groups is 1. The average molecular weight is 445 g/mol. The van der Waals surface area contributed by atoms with Gasteiger partial charge in [-0.25, -0.2) is 9.79 Å². The van der Waals surface area contributed by atoms with Gasteiger partial charge in [0.2, 0.25) is 0 Å². The quantitative estimate of drug-likeness (QED) is 0.147. The van der Waals surface area contributed by atoms with E-state index in [2.05, 4.69) is 22.2 Å². The maximum Gasteiger partial charge on any atom is 0.407 e. The van der Waals surface area contributed by atoms with Crippen molar-refractivity contribution in [2.75, 3.05) is 19.8 Å². The molecule has 9 heteroatoms. The van der Waals surface area contributed by atoms with Crippen LogP contribution in [-0.2, 0) is 14.2 Å². The van der Waals surface area contributed by atoms with Crippen LogP contribution in [0.5, 0.6) is 0 Å². The van der Waals surface area contributed by atoms with Crippen LogP contribution in [0.3, 0.4) is 0 Å². The summed E-state index contributed by atoms with van der Waals surface area (Å²) in [6.07, 6.45) is 4.18. The molecule has 1 amide bonds. The number of halogens is 1. The molecule has 0 aromatic heterocycles. The third-order valence-corrected chi connectivity index (χ3v) is 4.60.